The molecule has 0 radical (unpaired) electrons. The quantitative estimate of drug-likeness (QED) is 0.700. The first-order valence-corrected chi connectivity index (χ1v) is 12.2. The van der Waals surface area contributed by atoms with Crippen molar-refractivity contribution in [3.63, 3.8) is 0 Å². The van der Waals surface area contributed by atoms with Crippen molar-refractivity contribution in [1.29, 1.82) is 0 Å². The summed E-state index contributed by atoms with van der Waals surface area (Å²) >= 11 is 0. The number of sulfonamides is 1. The van der Waals surface area contributed by atoms with Crippen LogP contribution in [-0.2, 0) is 14.8 Å². The molecule has 168 valence electrons. The highest BCUT2D eigenvalue weighted by molar-refractivity contribution is 7.89. The Bertz CT molecular complexity index is 1030. The lowest BCUT2D eigenvalue weighted by Gasteiger charge is -2.31. The Kier molecular flexibility index (Phi) is 7.33. The molecule has 1 aromatic heterocycles. The van der Waals surface area contributed by atoms with Gasteiger partial charge in [-0.1, -0.05) is 48.0 Å². The minimum atomic E-state index is -3.77. The molecule has 8 heteroatoms. The third kappa shape index (κ3) is 5.43. The van der Waals surface area contributed by atoms with E-state index < -0.39 is 10.0 Å². The number of aromatic nitrogens is 1. The number of aryl methyl sites for hydroxylation is 2. The molecule has 31 heavy (non-hydrogen) atoms. The fourth-order valence-electron chi connectivity index (χ4n) is 3.60. The minimum absolute atomic E-state index is 0.00859. The Hall–Kier alpha value is -2.45. The predicted octanol–water partition coefficient (Wildman–Crippen LogP) is 3.78. The summed E-state index contributed by atoms with van der Waals surface area (Å²) in [5, 5.41) is 6.89. The van der Waals surface area contributed by atoms with Gasteiger partial charge in [0.2, 0.25) is 15.9 Å². The van der Waals surface area contributed by atoms with Crippen LogP contribution in [0.25, 0.3) is 12.2 Å². The molecule has 3 rings (SSSR count). The van der Waals surface area contributed by atoms with Crippen LogP contribution in [0.3, 0.4) is 0 Å². The molecule has 0 saturated carbocycles. The van der Waals surface area contributed by atoms with E-state index in [4.69, 9.17) is 4.52 Å². The topological polar surface area (TPSA) is 92.5 Å². The summed E-state index contributed by atoms with van der Waals surface area (Å²) in [7, 11) is -3.77. The third-order valence-electron chi connectivity index (χ3n) is 5.76. The molecule has 0 bridgehead atoms. The van der Waals surface area contributed by atoms with Crippen LogP contribution in [0.15, 0.2) is 33.7 Å². The molecule has 1 aromatic carbocycles. The Balaban J connectivity index is 1.73. The van der Waals surface area contributed by atoms with E-state index in [-0.39, 0.29) is 28.5 Å². The van der Waals surface area contributed by atoms with Gasteiger partial charge in [0, 0.05) is 25.0 Å². The maximum absolute atomic E-state index is 13.3. The van der Waals surface area contributed by atoms with Gasteiger partial charge < -0.3 is 9.84 Å². The minimum Gasteiger partial charge on any atom is -0.355 e. The van der Waals surface area contributed by atoms with Crippen molar-refractivity contribution in [2.45, 2.75) is 57.9 Å². The smallest absolute Gasteiger partial charge is 0.248 e. The fraction of sp³-hybridized carbons (Fsp3) is 0.478. The average molecular weight is 446 g/mol. The molecular weight excluding hydrogens is 414 g/mol. The number of hydrogen-bond acceptors (Lipinski definition) is 5. The fourth-order valence-corrected chi connectivity index (χ4v) is 5.32. The van der Waals surface area contributed by atoms with Crippen molar-refractivity contribution in [3.8, 4) is 0 Å². The number of nitrogens with zero attached hydrogens (tertiary/aromatic N) is 2. The number of rotatable bonds is 7. The zero-order valence-corrected chi connectivity index (χ0v) is 19.4. The van der Waals surface area contributed by atoms with E-state index >= 15 is 0 Å². The highest BCUT2D eigenvalue weighted by Crippen LogP contribution is 2.29. The maximum Gasteiger partial charge on any atom is 0.248 e. The largest absolute Gasteiger partial charge is 0.355 e. The zero-order chi connectivity index (χ0) is 22.6. The molecule has 0 unspecified atom stereocenters. The van der Waals surface area contributed by atoms with Crippen LogP contribution in [0.5, 0.6) is 0 Å². The second kappa shape index (κ2) is 9.78. The molecule has 1 N–H and O–H groups in total. The maximum atomic E-state index is 13.3. The van der Waals surface area contributed by atoms with E-state index in [0.29, 0.717) is 31.6 Å². The molecule has 0 aliphatic carbocycles. The number of piperidine rings is 1. The van der Waals surface area contributed by atoms with E-state index in [1.807, 2.05) is 51.1 Å². The van der Waals surface area contributed by atoms with Gasteiger partial charge in [0.25, 0.3) is 0 Å². The van der Waals surface area contributed by atoms with Gasteiger partial charge in [-0.25, -0.2) is 8.42 Å². The highest BCUT2D eigenvalue weighted by Gasteiger charge is 2.36. The Labute approximate surface area is 184 Å². The second-order valence-corrected chi connectivity index (χ2v) is 10.1. The van der Waals surface area contributed by atoms with Gasteiger partial charge in [0.05, 0.1) is 0 Å². The molecule has 7 nitrogen and oxygen atoms in total. The molecule has 2 heterocycles. The van der Waals surface area contributed by atoms with Crippen LogP contribution in [-0.4, -0.2) is 42.9 Å². The lowest BCUT2D eigenvalue weighted by molar-refractivity contribution is -0.126. The molecule has 1 fully saturated rings. The van der Waals surface area contributed by atoms with Gasteiger partial charge >= 0.3 is 0 Å². The van der Waals surface area contributed by atoms with Crippen molar-refractivity contribution in [2.24, 2.45) is 5.92 Å². The van der Waals surface area contributed by atoms with Gasteiger partial charge in [-0.2, -0.15) is 4.31 Å². The average Bonchev–Trinajstić information content (AvgIpc) is 3.14. The van der Waals surface area contributed by atoms with Crippen molar-refractivity contribution in [3.05, 3.63) is 46.8 Å². The van der Waals surface area contributed by atoms with Crippen molar-refractivity contribution < 1.29 is 17.7 Å². The number of hydrogen-bond donors (Lipinski definition) is 1. The van der Waals surface area contributed by atoms with Gasteiger partial charge in [0.15, 0.2) is 10.7 Å². The first kappa shape index (κ1) is 23.2. The van der Waals surface area contributed by atoms with Crippen LogP contribution in [0.2, 0.25) is 0 Å². The van der Waals surface area contributed by atoms with Gasteiger partial charge in [-0.3, -0.25) is 4.79 Å². The summed E-state index contributed by atoms with van der Waals surface area (Å²) in [6, 6.07) is 8.02. The Morgan fingerprint density at radius 2 is 1.87 bits per heavy atom. The van der Waals surface area contributed by atoms with Crippen LogP contribution in [0.4, 0.5) is 0 Å². The number of nitrogens with one attached hydrogen (secondary N) is 1. The normalized spacial score (nSPS) is 17.2. The van der Waals surface area contributed by atoms with Gasteiger partial charge in [-0.15, -0.1) is 0 Å². The lowest BCUT2D eigenvalue weighted by Crippen LogP contribution is -2.44. The van der Waals surface area contributed by atoms with Crippen LogP contribution in [0.1, 0.15) is 55.7 Å². The summed E-state index contributed by atoms with van der Waals surface area (Å²) in [5.41, 5.74) is 2.42. The van der Waals surface area contributed by atoms with E-state index in [1.165, 1.54) is 4.31 Å². The molecule has 1 amide bonds. The summed E-state index contributed by atoms with van der Waals surface area (Å²) in [6.45, 7) is 8.23. The summed E-state index contributed by atoms with van der Waals surface area (Å²) < 4.78 is 33.4. The predicted molar refractivity (Wildman–Crippen MR) is 121 cm³/mol. The van der Waals surface area contributed by atoms with Crippen molar-refractivity contribution in [2.75, 3.05) is 13.1 Å². The SMILES string of the molecule is CC[C@H](C)NC(=O)C1CCN(S(=O)(=O)c2c(C)noc2/C=C/c2ccc(C)cc2)CC1. The Morgan fingerprint density at radius 1 is 1.23 bits per heavy atom. The molecule has 1 atom stereocenters. The van der Waals surface area contributed by atoms with Crippen molar-refractivity contribution >= 4 is 28.1 Å². The number of benzene rings is 1. The second-order valence-electron chi connectivity index (χ2n) is 8.20. The van der Waals surface area contributed by atoms with E-state index in [9.17, 15) is 13.2 Å². The molecule has 2 aromatic rings. The number of carbonyl (C=O) groups excluding carboxylic acids is 1. The summed E-state index contributed by atoms with van der Waals surface area (Å²) in [5.74, 6) is 0.0638. The van der Waals surface area contributed by atoms with Gasteiger partial charge in [0.1, 0.15) is 5.69 Å². The first-order chi connectivity index (χ1) is 14.7. The molecule has 1 aliphatic heterocycles. The number of amides is 1. The zero-order valence-electron chi connectivity index (χ0n) is 18.6. The lowest BCUT2D eigenvalue weighted by atomic mass is 9.97. The molecule has 1 aliphatic rings. The molecular formula is C23H31N3O4S. The summed E-state index contributed by atoms with van der Waals surface area (Å²) in [6.07, 6.45) is 5.32. The summed E-state index contributed by atoms with van der Waals surface area (Å²) in [4.78, 5) is 12.5. The van der Waals surface area contributed by atoms with E-state index in [2.05, 4.69) is 10.5 Å². The van der Waals surface area contributed by atoms with Crippen LogP contribution in [0, 0.1) is 19.8 Å². The van der Waals surface area contributed by atoms with E-state index in [1.54, 1.807) is 13.0 Å². The first-order valence-electron chi connectivity index (χ1n) is 10.7. The molecule has 1 saturated heterocycles. The van der Waals surface area contributed by atoms with Crippen LogP contribution < -0.4 is 5.32 Å². The van der Waals surface area contributed by atoms with E-state index in [0.717, 1.165) is 17.5 Å². The highest BCUT2D eigenvalue weighted by atomic mass is 32.2. The monoisotopic (exact) mass is 445 g/mol. The van der Waals surface area contributed by atoms with Crippen molar-refractivity contribution in [1.82, 2.24) is 14.8 Å². The van der Waals surface area contributed by atoms with Gasteiger partial charge in [-0.05, 0) is 51.7 Å². The molecule has 0 spiro atoms. The third-order valence-corrected chi connectivity index (χ3v) is 7.82. The van der Waals surface area contributed by atoms with Crippen LogP contribution >= 0.6 is 0 Å². The number of carbonyl (C=O) groups is 1. The standard InChI is InChI=1S/C23H31N3O4S/c1-5-17(3)24-23(27)20-12-14-26(15-13-20)31(28,29)22-18(4)25-30-21(22)11-10-19-8-6-16(2)7-9-19/h6-11,17,20H,5,12-15H2,1-4H3,(H,24,27)/b11-10+/t17-/m0/s1. The Morgan fingerprint density at radius 3 is 2.48 bits per heavy atom.